The number of piperidine rings is 1. The van der Waals surface area contributed by atoms with E-state index in [1.807, 2.05) is 35.2 Å². The molecule has 1 atom stereocenters. The number of nitrogens with zero attached hydrogens (tertiary/aromatic N) is 2. The fraction of sp³-hybridized carbons (Fsp3) is 0.370. The van der Waals surface area contributed by atoms with Gasteiger partial charge in [0.05, 0.1) is 16.8 Å². The Morgan fingerprint density at radius 3 is 2.45 bits per heavy atom. The Balaban J connectivity index is 0.000000470. The number of aryl methyl sites for hydroxylation is 1. The maximum Gasteiger partial charge on any atom is 0.490 e. The van der Waals surface area contributed by atoms with Crippen molar-refractivity contribution in [2.24, 2.45) is 5.92 Å². The van der Waals surface area contributed by atoms with Crippen LogP contribution in [0.25, 0.3) is 10.9 Å². The molecule has 0 spiro atoms. The Morgan fingerprint density at radius 2 is 1.77 bits per heavy atom. The van der Waals surface area contributed by atoms with Gasteiger partial charge in [-0.15, -0.1) is 0 Å². The van der Waals surface area contributed by atoms with Crippen molar-refractivity contribution in [3.63, 3.8) is 0 Å². The first-order valence-electron chi connectivity index (χ1n) is 12.6. The van der Waals surface area contributed by atoms with Crippen LogP contribution in [0.5, 0.6) is 0 Å². The molecule has 0 saturated carbocycles. The number of nitrogens with one attached hydrogen (secondary N) is 2. The van der Waals surface area contributed by atoms with E-state index >= 15 is 0 Å². The number of fused-ring (bicyclic) bond motifs is 2. The summed E-state index contributed by atoms with van der Waals surface area (Å²) in [6, 6.07) is 12.8. The Morgan fingerprint density at radius 1 is 1.10 bits per heavy atom. The van der Waals surface area contributed by atoms with Crippen LogP contribution in [0.3, 0.4) is 0 Å². The van der Waals surface area contributed by atoms with Crippen molar-refractivity contribution in [3.05, 3.63) is 69.2 Å². The Labute approximate surface area is 231 Å². The summed E-state index contributed by atoms with van der Waals surface area (Å²) >= 11 is 6.06. The van der Waals surface area contributed by atoms with E-state index in [2.05, 4.69) is 15.3 Å². The summed E-state index contributed by atoms with van der Waals surface area (Å²) in [5, 5.41) is 11.2. The largest absolute Gasteiger partial charge is 0.490 e. The van der Waals surface area contributed by atoms with Crippen LogP contribution in [0.1, 0.15) is 43.0 Å². The first-order valence-corrected chi connectivity index (χ1v) is 13.0. The van der Waals surface area contributed by atoms with Crippen molar-refractivity contribution in [1.82, 2.24) is 14.9 Å². The van der Waals surface area contributed by atoms with Crippen molar-refractivity contribution in [2.75, 3.05) is 18.4 Å². The molecule has 0 unspecified atom stereocenters. The molecule has 1 saturated heterocycles. The zero-order chi connectivity index (χ0) is 29.0. The van der Waals surface area contributed by atoms with E-state index in [4.69, 9.17) is 21.5 Å². The maximum atomic E-state index is 12.7. The molecule has 2 amide bonds. The lowest BCUT2D eigenvalue weighted by molar-refractivity contribution is -0.192. The summed E-state index contributed by atoms with van der Waals surface area (Å²) in [4.78, 5) is 55.6. The van der Waals surface area contributed by atoms with Gasteiger partial charge in [0.1, 0.15) is 5.82 Å². The lowest BCUT2D eigenvalue weighted by Crippen LogP contribution is -2.40. The molecule has 2 aliphatic heterocycles. The standard InChI is InChI=1S/C25H25ClN4O3.C2HF3O2/c26-16-8-9-17-20(14-16)28-25(33)23(17)15-10-12-30(13-11-15)22(31)7-3-6-21-27-19-5-2-1-4-18(19)24(32)29-21;3-2(4,5)1(6)7/h1-2,4-5,8-9,14-15,23H,3,6-7,10-13H2,(H,28,33)(H,27,29,32);(H,6,7)/t23-;/m0./s1. The van der Waals surface area contributed by atoms with Crippen molar-refractivity contribution in [3.8, 4) is 0 Å². The van der Waals surface area contributed by atoms with E-state index in [-0.39, 0.29) is 29.2 Å². The Kier molecular flexibility index (Phi) is 8.77. The number of hydrogen-bond acceptors (Lipinski definition) is 5. The number of likely N-dealkylation sites (tertiary alicyclic amines) is 1. The zero-order valence-corrected chi connectivity index (χ0v) is 21.9. The number of carboxylic acids is 1. The highest BCUT2D eigenvalue weighted by molar-refractivity contribution is 6.31. The van der Waals surface area contributed by atoms with Gasteiger partial charge < -0.3 is 20.3 Å². The molecule has 9 nitrogen and oxygen atoms in total. The number of aromatic nitrogens is 2. The van der Waals surface area contributed by atoms with Crippen molar-refractivity contribution in [2.45, 2.75) is 44.2 Å². The summed E-state index contributed by atoms with van der Waals surface area (Å²) in [6.07, 6.45) is -1.91. The van der Waals surface area contributed by atoms with Crippen LogP contribution >= 0.6 is 11.6 Å². The van der Waals surface area contributed by atoms with Gasteiger partial charge in [0.15, 0.2) is 0 Å². The first-order chi connectivity index (χ1) is 18.9. The normalized spacial score (nSPS) is 17.1. The van der Waals surface area contributed by atoms with Crippen LogP contribution in [0.4, 0.5) is 18.9 Å². The molecule has 3 heterocycles. The minimum atomic E-state index is -5.08. The fourth-order valence-electron chi connectivity index (χ4n) is 5.03. The summed E-state index contributed by atoms with van der Waals surface area (Å²) < 4.78 is 31.7. The number of rotatable bonds is 5. The monoisotopic (exact) mass is 578 g/mol. The number of carbonyl (C=O) groups is 3. The third-order valence-electron chi connectivity index (χ3n) is 6.96. The average Bonchev–Trinajstić information content (AvgIpc) is 3.23. The van der Waals surface area contributed by atoms with Gasteiger partial charge in [0.2, 0.25) is 11.8 Å². The summed E-state index contributed by atoms with van der Waals surface area (Å²) in [5.41, 5.74) is 2.33. The molecule has 212 valence electrons. The molecular formula is C27H26ClF3N4O5. The minimum Gasteiger partial charge on any atom is -0.475 e. The van der Waals surface area contributed by atoms with Gasteiger partial charge >= 0.3 is 12.1 Å². The lowest BCUT2D eigenvalue weighted by Gasteiger charge is -2.34. The van der Waals surface area contributed by atoms with Crippen molar-refractivity contribution >= 4 is 46.0 Å². The predicted molar refractivity (Wildman–Crippen MR) is 141 cm³/mol. The number of para-hydroxylation sites is 1. The molecule has 5 rings (SSSR count). The highest BCUT2D eigenvalue weighted by atomic mass is 35.5. The summed E-state index contributed by atoms with van der Waals surface area (Å²) in [6.45, 7) is 1.31. The van der Waals surface area contributed by atoms with Gasteiger partial charge in [-0.1, -0.05) is 29.8 Å². The molecule has 0 bridgehead atoms. The number of hydrogen-bond donors (Lipinski definition) is 3. The lowest BCUT2D eigenvalue weighted by atomic mass is 9.80. The minimum absolute atomic E-state index is 0.0221. The van der Waals surface area contributed by atoms with Crippen molar-refractivity contribution in [1.29, 1.82) is 0 Å². The molecule has 1 aromatic heterocycles. The van der Waals surface area contributed by atoms with Gasteiger partial charge in [-0.3, -0.25) is 14.4 Å². The second-order valence-electron chi connectivity index (χ2n) is 9.60. The second-order valence-corrected chi connectivity index (χ2v) is 10.0. The van der Waals surface area contributed by atoms with Gasteiger partial charge in [-0.05, 0) is 55.0 Å². The Bertz CT molecular complexity index is 1490. The molecule has 40 heavy (non-hydrogen) atoms. The summed E-state index contributed by atoms with van der Waals surface area (Å²) in [5.74, 6) is -1.98. The highest BCUT2D eigenvalue weighted by Gasteiger charge is 2.39. The number of alkyl halides is 3. The number of H-pyrrole nitrogens is 1. The van der Waals surface area contributed by atoms with Crippen LogP contribution in [-0.2, 0) is 20.8 Å². The molecule has 13 heteroatoms. The fourth-order valence-corrected chi connectivity index (χ4v) is 5.20. The van der Waals surface area contributed by atoms with Crippen LogP contribution in [-0.4, -0.2) is 57.0 Å². The van der Waals surface area contributed by atoms with Crippen LogP contribution in [0, 0.1) is 5.92 Å². The van der Waals surface area contributed by atoms with Gasteiger partial charge in [-0.25, -0.2) is 9.78 Å². The molecule has 3 aromatic rings. The van der Waals surface area contributed by atoms with E-state index in [1.54, 1.807) is 12.1 Å². The van der Waals surface area contributed by atoms with Crippen LogP contribution < -0.4 is 10.9 Å². The van der Waals surface area contributed by atoms with Gasteiger partial charge in [-0.2, -0.15) is 13.2 Å². The smallest absolute Gasteiger partial charge is 0.475 e. The van der Waals surface area contributed by atoms with E-state index in [0.29, 0.717) is 54.1 Å². The third-order valence-corrected chi connectivity index (χ3v) is 7.20. The highest BCUT2D eigenvalue weighted by Crippen LogP contribution is 2.42. The number of benzene rings is 2. The second kappa shape index (κ2) is 12.1. The number of carbonyl (C=O) groups excluding carboxylic acids is 2. The SMILES string of the molecule is O=C(O)C(F)(F)F.O=C1Nc2cc(Cl)ccc2[C@@H]1C1CCN(C(=O)CCCc2nc3ccccc3c(=O)[nH]2)CC1. The molecule has 2 aromatic carbocycles. The van der Waals surface area contributed by atoms with Crippen LogP contribution in [0.2, 0.25) is 5.02 Å². The first kappa shape index (κ1) is 29.1. The quantitative estimate of drug-likeness (QED) is 0.408. The molecule has 0 aliphatic carbocycles. The van der Waals surface area contributed by atoms with E-state index in [9.17, 15) is 27.6 Å². The molecule has 1 fully saturated rings. The number of amides is 2. The van der Waals surface area contributed by atoms with Gasteiger partial charge in [0.25, 0.3) is 5.56 Å². The molecular weight excluding hydrogens is 553 g/mol. The number of carboxylic acid groups (broad SMARTS) is 1. The van der Waals surface area contributed by atoms with Crippen molar-refractivity contribution < 1.29 is 32.7 Å². The average molecular weight is 579 g/mol. The van der Waals surface area contributed by atoms with E-state index in [1.165, 1.54) is 0 Å². The summed E-state index contributed by atoms with van der Waals surface area (Å²) in [7, 11) is 0. The van der Waals surface area contributed by atoms with Crippen LogP contribution in [0.15, 0.2) is 47.3 Å². The van der Waals surface area contributed by atoms with E-state index in [0.717, 1.165) is 24.1 Å². The Hall–Kier alpha value is -3.93. The number of anilines is 1. The van der Waals surface area contributed by atoms with Gasteiger partial charge in [0, 0.05) is 36.6 Å². The third kappa shape index (κ3) is 6.79. The molecule has 2 aliphatic rings. The number of aromatic amines is 1. The van der Waals surface area contributed by atoms with E-state index < -0.39 is 12.1 Å². The topological polar surface area (TPSA) is 132 Å². The predicted octanol–water partition coefficient (Wildman–Crippen LogP) is 4.51. The number of halogens is 4. The maximum absolute atomic E-state index is 12.7. The zero-order valence-electron chi connectivity index (χ0n) is 21.1. The molecule has 3 N–H and O–H groups in total. The number of aliphatic carboxylic acids is 1. The molecule has 0 radical (unpaired) electrons.